The molecule has 0 saturated heterocycles. The molecular weight excluding hydrogens is 206 g/mol. The predicted molar refractivity (Wildman–Crippen MR) is 57.9 cm³/mol. The van der Waals surface area contributed by atoms with Crippen molar-refractivity contribution in [1.82, 2.24) is 0 Å². The van der Waals surface area contributed by atoms with Gasteiger partial charge in [0, 0.05) is 25.7 Å². The number of oxime groups is 1. The van der Waals surface area contributed by atoms with Gasteiger partial charge in [0.15, 0.2) is 0 Å². The van der Waals surface area contributed by atoms with Crippen molar-refractivity contribution < 1.29 is 5.21 Å². The quantitative estimate of drug-likeness (QED) is 0.239. The monoisotopic (exact) mass is 221 g/mol. The van der Waals surface area contributed by atoms with Crippen LogP contribution in [0.15, 0.2) is 5.16 Å². The Morgan fingerprint density at radius 3 is 1.81 bits per heavy atom. The van der Waals surface area contributed by atoms with Gasteiger partial charge in [-0.1, -0.05) is 5.16 Å². The number of hydrogen-bond donors (Lipinski definition) is 2. The molecule has 86 valence electrons. The van der Waals surface area contributed by atoms with E-state index >= 15 is 0 Å². The molecule has 0 heterocycles. The van der Waals surface area contributed by atoms with Crippen LogP contribution >= 0.6 is 0 Å². The summed E-state index contributed by atoms with van der Waals surface area (Å²) in [4.78, 5) is 0. The van der Waals surface area contributed by atoms with E-state index in [4.69, 9.17) is 26.7 Å². The Morgan fingerprint density at radius 2 is 1.44 bits per heavy atom. The topological polar surface area (TPSA) is 130 Å². The van der Waals surface area contributed by atoms with Gasteiger partial charge in [-0.05, 0) is 12.8 Å². The minimum atomic E-state index is 0.185. The molecule has 0 aromatic rings. The summed E-state index contributed by atoms with van der Waals surface area (Å²) in [5.74, 6) is 0.185. The Hall–Kier alpha value is -2.26. The van der Waals surface area contributed by atoms with Crippen molar-refractivity contribution in [2.24, 2.45) is 10.9 Å². The van der Waals surface area contributed by atoms with Crippen LogP contribution in [0.4, 0.5) is 0 Å². The summed E-state index contributed by atoms with van der Waals surface area (Å²) >= 11 is 0. The van der Waals surface area contributed by atoms with Crippen LogP contribution in [0.25, 0.3) is 0 Å². The second-order valence-corrected chi connectivity index (χ2v) is 2.77. The molecular formula is C10H15N5O. The molecule has 3 N–H and O–H groups in total. The standard InChI is InChI=1S/C5H9N3O.C5H6N2/c6-4-2-1-3-5(7)8-9;6-4-2-1-3-5-7/h9H,1-3H2,(H2,7,8);1-3H2. The van der Waals surface area contributed by atoms with E-state index in [1.54, 1.807) is 0 Å². The number of nitrogens with zero attached hydrogens (tertiary/aromatic N) is 4. The molecule has 0 saturated carbocycles. The van der Waals surface area contributed by atoms with Gasteiger partial charge in [0.2, 0.25) is 0 Å². The Kier molecular flexibility index (Phi) is 15.4. The molecule has 0 aromatic carbocycles. The fourth-order valence-electron chi connectivity index (χ4n) is 0.645. The maximum atomic E-state index is 8.06. The van der Waals surface area contributed by atoms with Crippen LogP contribution in [0.5, 0.6) is 0 Å². The molecule has 6 heteroatoms. The van der Waals surface area contributed by atoms with Crippen molar-refractivity contribution in [2.75, 3.05) is 0 Å². The molecule has 6 nitrogen and oxygen atoms in total. The summed E-state index contributed by atoms with van der Waals surface area (Å²) in [7, 11) is 0. The summed E-state index contributed by atoms with van der Waals surface area (Å²) in [6.07, 6.45) is 3.33. The lowest BCUT2D eigenvalue weighted by atomic mass is 10.2. The van der Waals surface area contributed by atoms with E-state index in [9.17, 15) is 0 Å². The van der Waals surface area contributed by atoms with Crippen LogP contribution in [0, 0.1) is 34.0 Å². The normalized spacial score (nSPS) is 8.94. The number of amidine groups is 1. The zero-order valence-corrected chi connectivity index (χ0v) is 9.06. The molecule has 0 spiro atoms. The van der Waals surface area contributed by atoms with Crippen molar-refractivity contribution in [3.05, 3.63) is 0 Å². The third-order valence-electron chi connectivity index (χ3n) is 1.43. The zero-order valence-electron chi connectivity index (χ0n) is 9.06. The Bertz CT molecular complexity index is 291. The first-order valence-corrected chi connectivity index (χ1v) is 4.80. The molecule has 0 bridgehead atoms. The average molecular weight is 221 g/mol. The lowest BCUT2D eigenvalue weighted by molar-refractivity contribution is 0.316. The molecule has 0 radical (unpaired) electrons. The summed E-state index contributed by atoms with van der Waals surface area (Å²) in [5, 5.41) is 34.7. The predicted octanol–water partition coefficient (Wildman–Crippen LogP) is 1.63. The molecule has 0 atom stereocenters. The van der Waals surface area contributed by atoms with Crippen molar-refractivity contribution in [2.45, 2.75) is 38.5 Å². The lowest BCUT2D eigenvalue weighted by Crippen LogP contribution is -2.10. The van der Waals surface area contributed by atoms with E-state index < -0.39 is 0 Å². The van der Waals surface area contributed by atoms with Gasteiger partial charge in [-0.2, -0.15) is 15.8 Å². The fourth-order valence-corrected chi connectivity index (χ4v) is 0.645. The Labute approximate surface area is 95.2 Å². The fraction of sp³-hybridized carbons (Fsp3) is 0.600. The third-order valence-corrected chi connectivity index (χ3v) is 1.43. The number of rotatable bonds is 5. The van der Waals surface area contributed by atoms with Gasteiger partial charge < -0.3 is 10.9 Å². The highest BCUT2D eigenvalue weighted by atomic mass is 16.4. The smallest absolute Gasteiger partial charge is 0.139 e. The van der Waals surface area contributed by atoms with Crippen LogP contribution in [0.1, 0.15) is 38.5 Å². The highest BCUT2D eigenvalue weighted by molar-refractivity contribution is 5.79. The first-order chi connectivity index (χ1) is 7.72. The number of nitrogens with two attached hydrogens (primary N) is 1. The maximum absolute atomic E-state index is 8.06. The first-order valence-electron chi connectivity index (χ1n) is 4.80. The summed E-state index contributed by atoms with van der Waals surface area (Å²) in [5.41, 5.74) is 5.10. The summed E-state index contributed by atoms with van der Waals surface area (Å²) in [6.45, 7) is 0. The van der Waals surface area contributed by atoms with Gasteiger partial charge in [-0.3, -0.25) is 0 Å². The SMILES string of the molecule is N#CCCC/C(N)=N/O.N#CCCCC#N. The average Bonchev–Trinajstić information content (AvgIpc) is 2.31. The van der Waals surface area contributed by atoms with Gasteiger partial charge in [-0.25, -0.2) is 0 Å². The molecule has 0 aliphatic carbocycles. The molecule has 16 heavy (non-hydrogen) atoms. The van der Waals surface area contributed by atoms with E-state index in [-0.39, 0.29) is 5.84 Å². The van der Waals surface area contributed by atoms with E-state index in [0.29, 0.717) is 38.5 Å². The number of unbranched alkanes of at least 4 members (excludes halogenated alkanes) is 3. The molecule has 0 rings (SSSR count). The van der Waals surface area contributed by atoms with E-state index in [0.717, 1.165) is 0 Å². The zero-order chi connectivity index (χ0) is 12.6. The molecule has 0 aliphatic heterocycles. The number of hydrogen-bond acceptors (Lipinski definition) is 5. The second kappa shape index (κ2) is 15.2. The van der Waals surface area contributed by atoms with Crippen LogP contribution < -0.4 is 5.73 Å². The van der Waals surface area contributed by atoms with Crippen molar-refractivity contribution in [1.29, 1.82) is 15.8 Å². The minimum absolute atomic E-state index is 0.185. The van der Waals surface area contributed by atoms with Gasteiger partial charge in [-0.15, -0.1) is 0 Å². The van der Waals surface area contributed by atoms with Crippen molar-refractivity contribution >= 4 is 5.84 Å². The minimum Gasteiger partial charge on any atom is -0.409 e. The highest BCUT2D eigenvalue weighted by Gasteiger charge is 1.90. The first kappa shape index (κ1) is 16.2. The molecule has 0 fully saturated rings. The second-order valence-electron chi connectivity index (χ2n) is 2.77. The summed E-state index contributed by atoms with van der Waals surface area (Å²) in [6, 6.07) is 5.86. The molecule has 0 aromatic heterocycles. The Balaban J connectivity index is 0. The lowest BCUT2D eigenvalue weighted by Gasteiger charge is -1.91. The van der Waals surface area contributed by atoms with Crippen LogP contribution in [-0.2, 0) is 0 Å². The van der Waals surface area contributed by atoms with E-state index in [2.05, 4.69) is 5.16 Å². The number of nitriles is 3. The largest absolute Gasteiger partial charge is 0.409 e. The van der Waals surface area contributed by atoms with Crippen LogP contribution in [0.3, 0.4) is 0 Å². The van der Waals surface area contributed by atoms with E-state index in [1.807, 2.05) is 18.2 Å². The molecule has 0 aliphatic rings. The van der Waals surface area contributed by atoms with Crippen LogP contribution in [0.2, 0.25) is 0 Å². The van der Waals surface area contributed by atoms with Crippen molar-refractivity contribution in [3.8, 4) is 18.2 Å². The third kappa shape index (κ3) is 17.7. The van der Waals surface area contributed by atoms with Gasteiger partial charge in [0.25, 0.3) is 0 Å². The van der Waals surface area contributed by atoms with Gasteiger partial charge >= 0.3 is 0 Å². The molecule has 0 amide bonds. The van der Waals surface area contributed by atoms with Crippen LogP contribution in [-0.4, -0.2) is 11.0 Å². The molecule has 0 unspecified atom stereocenters. The highest BCUT2D eigenvalue weighted by Crippen LogP contribution is 1.92. The van der Waals surface area contributed by atoms with Gasteiger partial charge in [0.05, 0.1) is 18.2 Å². The maximum Gasteiger partial charge on any atom is 0.139 e. The Morgan fingerprint density at radius 1 is 1.00 bits per heavy atom. The van der Waals surface area contributed by atoms with E-state index in [1.165, 1.54) is 0 Å². The van der Waals surface area contributed by atoms with Gasteiger partial charge in [0.1, 0.15) is 5.84 Å². The summed E-state index contributed by atoms with van der Waals surface area (Å²) < 4.78 is 0. The van der Waals surface area contributed by atoms with Crippen molar-refractivity contribution in [3.63, 3.8) is 0 Å².